The molecule has 0 aliphatic heterocycles. The second-order valence-electron chi connectivity index (χ2n) is 0.883. The Hall–Kier alpha value is -0.990. The fourth-order valence-corrected chi connectivity index (χ4v) is 0.199. The van der Waals surface area contributed by atoms with Crippen LogP contribution in [0.3, 0.4) is 0 Å². The van der Waals surface area contributed by atoms with Crippen LogP contribution in [0.4, 0.5) is 0 Å². The Balaban J connectivity index is 3.05. The van der Waals surface area contributed by atoms with Crippen LogP contribution < -0.4 is 0 Å². The predicted octanol–water partition coefficient (Wildman–Crippen LogP) is 0.380. The lowest BCUT2D eigenvalue weighted by atomic mass is 10.7. The minimum atomic E-state index is 0.0648. The summed E-state index contributed by atoms with van der Waals surface area (Å²) in [6.07, 6.45) is 2.38. The van der Waals surface area contributed by atoms with Crippen LogP contribution in [-0.2, 0) is 0 Å². The fraction of sp³-hybridized carbons (Fsp3) is 0. The van der Waals surface area contributed by atoms with Crippen molar-refractivity contribution in [2.45, 2.75) is 0 Å². The van der Waals surface area contributed by atoms with Crippen LogP contribution in [0.25, 0.3) is 0 Å². The van der Waals surface area contributed by atoms with E-state index in [0.29, 0.717) is 0 Å². The van der Waals surface area contributed by atoms with Crippen LogP contribution in [0, 0.1) is 0 Å². The van der Waals surface area contributed by atoms with Crippen molar-refractivity contribution in [1.29, 1.82) is 0 Å². The van der Waals surface area contributed by atoms with Gasteiger partial charge in [0.1, 0.15) is 6.20 Å². The minimum Gasteiger partial charge on any atom is -0.503 e. The molecule has 3 heteroatoms. The molecule has 0 bridgehead atoms. The van der Waals surface area contributed by atoms with Gasteiger partial charge in [-0.15, -0.1) is 0 Å². The van der Waals surface area contributed by atoms with Crippen LogP contribution in [0.15, 0.2) is 17.0 Å². The molecular weight excluding hydrogens is 82.0 g/mol. The van der Waals surface area contributed by atoms with Crippen LogP contribution in [0.5, 0.6) is 5.75 Å². The van der Waals surface area contributed by atoms with Crippen molar-refractivity contribution in [2.75, 3.05) is 0 Å². The van der Waals surface area contributed by atoms with Crippen molar-refractivity contribution in [2.24, 2.45) is 0 Å². The lowest BCUT2D eigenvalue weighted by Crippen LogP contribution is -1.44. The molecule has 3 nitrogen and oxygen atoms in total. The van der Waals surface area contributed by atoms with Crippen molar-refractivity contribution in [3.63, 3.8) is 0 Å². The highest BCUT2D eigenvalue weighted by Gasteiger charge is 1.81. The summed E-state index contributed by atoms with van der Waals surface area (Å²) >= 11 is 0. The molecule has 1 heterocycles. The lowest BCUT2D eigenvalue weighted by molar-refractivity contribution is 0.407. The molecule has 1 aromatic heterocycles. The number of rotatable bonds is 0. The normalized spacial score (nSPS) is 8.67. The Morgan fingerprint density at radius 1 is 1.83 bits per heavy atom. The molecule has 1 aromatic rings. The van der Waals surface area contributed by atoms with Crippen molar-refractivity contribution >= 4 is 0 Å². The summed E-state index contributed by atoms with van der Waals surface area (Å²) in [5.74, 6) is 0.0648. The van der Waals surface area contributed by atoms with Crippen LogP contribution in [0.2, 0.25) is 0 Å². The number of aromatic hydroxyl groups is 1. The molecule has 0 fully saturated rings. The quantitative estimate of drug-likeness (QED) is 0.495. The summed E-state index contributed by atoms with van der Waals surface area (Å²) < 4.78 is 4.21. The zero-order valence-corrected chi connectivity index (χ0v) is 2.96. The van der Waals surface area contributed by atoms with Gasteiger partial charge in [0, 0.05) is 0 Å². The largest absolute Gasteiger partial charge is 0.503 e. The third-order valence-electron chi connectivity index (χ3n) is 0.419. The first kappa shape index (κ1) is 3.21. The van der Waals surface area contributed by atoms with Crippen molar-refractivity contribution in [1.82, 2.24) is 5.16 Å². The van der Waals surface area contributed by atoms with E-state index in [-0.39, 0.29) is 5.75 Å². The number of hydrogen-bond donors (Lipinski definition) is 1. The molecule has 1 N–H and O–H groups in total. The van der Waals surface area contributed by atoms with Gasteiger partial charge < -0.3 is 9.63 Å². The van der Waals surface area contributed by atoms with Crippen LogP contribution >= 0.6 is 0 Å². The number of nitrogens with zero attached hydrogens (tertiary/aromatic N) is 1. The molecule has 0 saturated heterocycles. The molecule has 0 aromatic carbocycles. The molecule has 0 aliphatic carbocycles. The second-order valence-corrected chi connectivity index (χ2v) is 0.883. The standard InChI is InChI=1S/C3H3NO2/c5-3-1-4-6-2-3/h1-2,5H. The minimum absolute atomic E-state index is 0.0648. The molecule has 0 amide bonds. The van der Waals surface area contributed by atoms with Gasteiger partial charge in [-0.3, -0.25) is 0 Å². The monoisotopic (exact) mass is 85.0 g/mol. The molecule has 0 atom stereocenters. The molecular formula is C3H3NO2. The number of hydrogen-bond acceptors (Lipinski definition) is 3. The first-order valence-corrected chi connectivity index (χ1v) is 1.48. The molecule has 6 heavy (non-hydrogen) atoms. The third kappa shape index (κ3) is 0.337. The van der Waals surface area contributed by atoms with Crippen molar-refractivity contribution < 1.29 is 9.63 Å². The maximum atomic E-state index is 8.32. The van der Waals surface area contributed by atoms with Crippen LogP contribution in [0.1, 0.15) is 0 Å². The van der Waals surface area contributed by atoms with Gasteiger partial charge in [-0.25, -0.2) is 0 Å². The fourth-order valence-electron chi connectivity index (χ4n) is 0.199. The highest BCUT2D eigenvalue weighted by atomic mass is 16.5. The van der Waals surface area contributed by atoms with Gasteiger partial charge in [0.25, 0.3) is 0 Å². The van der Waals surface area contributed by atoms with E-state index in [1.54, 1.807) is 0 Å². The summed E-state index contributed by atoms with van der Waals surface area (Å²) in [6, 6.07) is 0. The molecule has 0 saturated carbocycles. The summed E-state index contributed by atoms with van der Waals surface area (Å²) in [5.41, 5.74) is 0. The van der Waals surface area contributed by atoms with Gasteiger partial charge in [0.2, 0.25) is 0 Å². The topological polar surface area (TPSA) is 46.3 Å². The van der Waals surface area contributed by atoms with E-state index in [1.807, 2.05) is 0 Å². The van der Waals surface area contributed by atoms with E-state index >= 15 is 0 Å². The van der Waals surface area contributed by atoms with Gasteiger partial charge >= 0.3 is 0 Å². The predicted molar refractivity (Wildman–Crippen MR) is 18.2 cm³/mol. The second kappa shape index (κ2) is 1.01. The van der Waals surface area contributed by atoms with E-state index in [1.165, 1.54) is 6.20 Å². The van der Waals surface area contributed by atoms with Crippen molar-refractivity contribution in [3.05, 3.63) is 12.5 Å². The summed E-state index contributed by atoms with van der Waals surface area (Å²) in [6.45, 7) is 0. The van der Waals surface area contributed by atoms with E-state index in [0.717, 1.165) is 6.26 Å². The highest BCUT2D eigenvalue weighted by Crippen LogP contribution is 2.00. The Morgan fingerprint density at radius 2 is 2.67 bits per heavy atom. The molecule has 0 radical (unpaired) electrons. The summed E-state index contributed by atoms with van der Waals surface area (Å²) in [4.78, 5) is 0. The first-order valence-electron chi connectivity index (χ1n) is 1.48. The Labute approximate surface area is 34.2 Å². The van der Waals surface area contributed by atoms with E-state index in [2.05, 4.69) is 9.68 Å². The zero-order valence-electron chi connectivity index (χ0n) is 2.96. The molecule has 1 rings (SSSR count). The van der Waals surface area contributed by atoms with E-state index < -0.39 is 0 Å². The van der Waals surface area contributed by atoms with Gasteiger partial charge in [-0.1, -0.05) is 5.16 Å². The Kier molecular flexibility index (Phi) is 0.538. The molecule has 32 valence electrons. The third-order valence-corrected chi connectivity index (χ3v) is 0.419. The lowest BCUT2D eigenvalue weighted by Gasteiger charge is -1.63. The van der Waals surface area contributed by atoms with Gasteiger partial charge in [-0.05, 0) is 0 Å². The highest BCUT2D eigenvalue weighted by molar-refractivity contribution is 5.03. The SMILES string of the molecule is Oc1cnoc1. The van der Waals surface area contributed by atoms with Gasteiger partial charge in [-0.2, -0.15) is 0 Å². The smallest absolute Gasteiger partial charge is 0.175 e. The number of aromatic nitrogens is 1. The van der Waals surface area contributed by atoms with Gasteiger partial charge in [0.15, 0.2) is 12.0 Å². The molecule has 0 unspecified atom stereocenters. The average Bonchev–Trinajstić information content (AvgIpc) is 1.86. The Bertz CT molecular complexity index is 112. The molecule has 0 aliphatic rings. The average molecular weight is 85.1 g/mol. The van der Waals surface area contributed by atoms with E-state index in [9.17, 15) is 0 Å². The zero-order chi connectivity index (χ0) is 4.41. The molecule has 0 spiro atoms. The van der Waals surface area contributed by atoms with E-state index in [4.69, 9.17) is 5.11 Å². The first-order chi connectivity index (χ1) is 2.89. The maximum absolute atomic E-state index is 8.32. The summed E-state index contributed by atoms with van der Waals surface area (Å²) in [5, 5.41) is 11.5. The van der Waals surface area contributed by atoms with Crippen molar-refractivity contribution in [3.8, 4) is 5.75 Å². The van der Waals surface area contributed by atoms with Gasteiger partial charge in [0.05, 0.1) is 0 Å². The Morgan fingerprint density at radius 3 is 2.83 bits per heavy atom. The van der Waals surface area contributed by atoms with Crippen LogP contribution in [-0.4, -0.2) is 10.3 Å². The maximum Gasteiger partial charge on any atom is 0.175 e. The summed E-state index contributed by atoms with van der Waals surface area (Å²) in [7, 11) is 0.